The molecule has 0 heterocycles. The maximum atomic E-state index is 13.1. The molecule has 0 aliphatic rings. The molecule has 21 heavy (non-hydrogen) atoms. The van der Waals surface area contributed by atoms with Gasteiger partial charge in [0.05, 0.1) is 5.56 Å². The van der Waals surface area contributed by atoms with Crippen LogP contribution in [0.4, 0.5) is 17.6 Å². The van der Waals surface area contributed by atoms with Crippen LogP contribution >= 0.6 is 0 Å². The molecule has 1 atom stereocenters. The van der Waals surface area contributed by atoms with E-state index >= 15 is 0 Å². The minimum Gasteiger partial charge on any atom is -0.479 e. The van der Waals surface area contributed by atoms with Gasteiger partial charge < -0.3 is 10.0 Å². The van der Waals surface area contributed by atoms with Crippen LogP contribution in [0.5, 0.6) is 0 Å². The summed E-state index contributed by atoms with van der Waals surface area (Å²) in [6, 6.07) is -0.138. The highest BCUT2D eigenvalue weighted by atomic mass is 19.4. The van der Waals surface area contributed by atoms with Crippen LogP contribution in [-0.2, 0) is 15.8 Å². The predicted molar refractivity (Wildman–Crippen MR) is 64.8 cm³/mol. The lowest BCUT2D eigenvalue weighted by Gasteiger charge is -2.28. The van der Waals surface area contributed by atoms with E-state index in [0.29, 0.717) is 0 Å². The van der Waals surface area contributed by atoms with E-state index in [4.69, 9.17) is 0 Å². The highest BCUT2D eigenvalue weighted by Crippen LogP contribution is 2.37. The fraction of sp³-hybridized carbons (Fsp3) is 0.385. The molecule has 0 saturated carbocycles. The average Bonchev–Trinajstić information content (AvgIpc) is 2.34. The first kappa shape index (κ1) is 16.9. The Morgan fingerprint density at radius 2 is 1.90 bits per heavy atom. The number of benzene rings is 1. The molecule has 0 aromatic heterocycles. The van der Waals surface area contributed by atoms with Crippen LogP contribution in [0.25, 0.3) is 0 Å². The summed E-state index contributed by atoms with van der Waals surface area (Å²) >= 11 is 0. The second kappa shape index (κ2) is 6.11. The maximum absolute atomic E-state index is 13.1. The number of halogens is 4. The van der Waals surface area contributed by atoms with Gasteiger partial charge in [0.15, 0.2) is 6.04 Å². The summed E-state index contributed by atoms with van der Waals surface area (Å²) in [6.07, 6.45) is -4.93. The molecular formula is C13H13F4NO3. The van der Waals surface area contributed by atoms with E-state index in [2.05, 4.69) is 0 Å². The minimum atomic E-state index is -4.93. The van der Waals surface area contributed by atoms with Crippen LogP contribution in [0.2, 0.25) is 0 Å². The van der Waals surface area contributed by atoms with Crippen LogP contribution in [0, 0.1) is 5.82 Å². The van der Waals surface area contributed by atoms with Crippen LogP contribution in [0.1, 0.15) is 31.0 Å². The lowest BCUT2D eigenvalue weighted by Crippen LogP contribution is -2.38. The molecule has 1 N–H and O–H groups in total. The molecule has 1 aromatic rings. The monoisotopic (exact) mass is 307 g/mol. The molecule has 4 nitrogen and oxygen atoms in total. The second-order valence-corrected chi connectivity index (χ2v) is 4.28. The van der Waals surface area contributed by atoms with Gasteiger partial charge in [-0.1, -0.05) is 6.07 Å². The van der Waals surface area contributed by atoms with Crippen molar-refractivity contribution in [2.45, 2.75) is 26.1 Å². The van der Waals surface area contributed by atoms with Gasteiger partial charge >= 0.3 is 12.1 Å². The molecule has 8 heteroatoms. The zero-order valence-electron chi connectivity index (χ0n) is 11.2. The normalized spacial score (nSPS) is 12.9. The first-order valence-electron chi connectivity index (χ1n) is 5.96. The van der Waals surface area contributed by atoms with Crippen molar-refractivity contribution in [2.75, 3.05) is 6.54 Å². The Kier molecular flexibility index (Phi) is 4.93. The van der Waals surface area contributed by atoms with Crippen molar-refractivity contribution in [2.24, 2.45) is 0 Å². The number of carbonyl (C=O) groups is 2. The summed E-state index contributed by atoms with van der Waals surface area (Å²) in [4.78, 5) is 23.5. The molecule has 0 spiro atoms. The minimum absolute atomic E-state index is 0.0963. The number of carboxylic acid groups (broad SMARTS) is 1. The highest BCUT2D eigenvalue weighted by Gasteiger charge is 2.39. The quantitative estimate of drug-likeness (QED) is 0.870. The lowest BCUT2D eigenvalue weighted by molar-refractivity contribution is -0.151. The Morgan fingerprint density at radius 3 is 2.29 bits per heavy atom. The Labute approximate surface area is 118 Å². The number of nitrogens with zero attached hydrogens (tertiary/aromatic N) is 1. The third kappa shape index (κ3) is 3.71. The first-order chi connectivity index (χ1) is 9.59. The molecule has 1 unspecified atom stereocenters. The van der Waals surface area contributed by atoms with Gasteiger partial charge in [0.25, 0.3) is 0 Å². The van der Waals surface area contributed by atoms with Gasteiger partial charge in [0, 0.05) is 13.5 Å². The van der Waals surface area contributed by atoms with Crippen molar-refractivity contribution >= 4 is 11.9 Å². The number of aliphatic carboxylic acids is 1. The number of carbonyl (C=O) groups excluding carboxylic acids is 1. The van der Waals surface area contributed by atoms with Gasteiger partial charge in [-0.15, -0.1) is 0 Å². The summed E-state index contributed by atoms with van der Waals surface area (Å²) in [7, 11) is 0. The van der Waals surface area contributed by atoms with Crippen LogP contribution in [0.15, 0.2) is 18.2 Å². The smallest absolute Gasteiger partial charge is 0.416 e. The lowest BCUT2D eigenvalue weighted by atomic mass is 9.98. The van der Waals surface area contributed by atoms with Gasteiger partial charge in [-0.3, -0.25) is 4.79 Å². The Morgan fingerprint density at radius 1 is 1.33 bits per heavy atom. The SMILES string of the molecule is CCN(C(C)=O)C(C(=O)O)c1ccc(F)cc1C(F)(F)F. The van der Waals surface area contributed by atoms with E-state index < -0.39 is 41.0 Å². The topological polar surface area (TPSA) is 57.6 Å². The fourth-order valence-electron chi connectivity index (χ4n) is 2.03. The molecule has 1 rings (SSSR count). The predicted octanol–water partition coefficient (Wildman–Crippen LogP) is 2.84. The Bertz CT molecular complexity index is 557. The number of likely N-dealkylation sites (N-methyl/N-ethyl adjacent to an activating group) is 1. The van der Waals surface area contributed by atoms with Gasteiger partial charge in [-0.2, -0.15) is 13.2 Å². The molecule has 1 aromatic carbocycles. The summed E-state index contributed by atoms with van der Waals surface area (Å²) in [5.74, 6) is -3.45. The molecule has 0 aliphatic heterocycles. The molecule has 0 aliphatic carbocycles. The number of carboxylic acids is 1. The Hall–Kier alpha value is -2.12. The first-order valence-corrected chi connectivity index (χ1v) is 5.96. The van der Waals surface area contributed by atoms with Gasteiger partial charge in [-0.25, -0.2) is 9.18 Å². The number of hydrogen-bond acceptors (Lipinski definition) is 2. The Balaban J connectivity index is 3.53. The molecule has 116 valence electrons. The van der Waals surface area contributed by atoms with E-state index in [1.807, 2.05) is 0 Å². The number of rotatable bonds is 4. The fourth-order valence-corrected chi connectivity index (χ4v) is 2.03. The zero-order valence-corrected chi connectivity index (χ0v) is 11.2. The third-order valence-electron chi connectivity index (χ3n) is 2.91. The molecule has 0 bridgehead atoms. The summed E-state index contributed by atoms with van der Waals surface area (Å²) in [5.41, 5.74) is -2.08. The van der Waals surface area contributed by atoms with Crippen molar-refractivity contribution in [3.63, 3.8) is 0 Å². The van der Waals surface area contributed by atoms with E-state index in [1.165, 1.54) is 6.92 Å². The van der Waals surface area contributed by atoms with Crippen LogP contribution < -0.4 is 0 Å². The van der Waals surface area contributed by atoms with Crippen LogP contribution in [-0.4, -0.2) is 28.4 Å². The van der Waals surface area contributed by atoms with Gasteiger partial charge in [0.2, 0.25) is 5.91 Å². The molecule has 0 radical (unpaired) electrons. The van der Waals surface area contributed by atoms with Crippen molar-refractivity contribution in [1.29, 1.82) is 0 Å². The summed E-state index contributed by atoms with van der Waals surface area (Å²) < 4.78 is 51.9. The number of hydrogen-bond donors (Lipinski definition) is 1. The van der Waals surface area contributed by atoms with Crippen molar-refractivity contribution in [3.8, 4) is 0 Å². The van der Waals surface area contributed by atoms with E-state index in [1.54, 1.807) is 0 Å². The van der Waals surface area contributed by atoms with Gasteiger partial charge in [-0.05, 0) is 24.6 Å². The van der Waals surface area contributed by atoms with Crippen molar-refractivity contribution in [3.05, 3.63) is 35.1 Å². The highest BCUT2D eigenvalue weighted by molar-refractivity contribution is 5.83. The van der Waals surface area contributed by atoms with E-state index in [9.17, 15) is 32.3 Å². The van der Waals surface area contributed by atoms with E-state index in [-0.39, 0.29) is 12.6 Å². The van der Waals surface area contributed by atoms with Gasteiger partial charge in [0.1, 0.15) is 5.82 Å². The van der Waals surface area contributed by atoms with Crippen LogP contribution in [0.3, 0.4) is 0 Å². The van der Waals surface area contributed by atoms with Crippen molar-refractivity contribution in [1.82, 2.24) is 4.90 Å². The third-order valence-corrected chi connectivity index (χ3v) is 2.91. The second-order valence-electron chi connectivity index (χ2n) is 4.28. The standard InChI is InChI=1S/C13H13F4NO3/c1-3-18(7(2)19)11(12(20)21)9-5-4-8(14)6-10(9)13(15,16)17/h4-6,11H,3H2,1-2H3,(H,20,21). The largest absolute Gasteiger partial charge is 0.479 e. The van der Waals surface area contributed by atoms with Crippen molar-refractivity contribution < 1.29 is 32.3 Å². The molecule has 0 fully saturated rings. The molecular weight excluding hydrogens is 294 g/mol. The zero-order chi connectivity index (χ0) is 16.4. The maximum Gasteiger partial charge on any atom is 0.416 e. The molecule has 1 amide bonds. The molecule has 0 saturated heterocycles. The summed E-state index contributed by atoms with van der Waals surface area (Å²) in [5, 5.41) is 9.18. The number of amides is 1. The number of alkyl halides is 3. The summed E-state index contributed by atoms with van der Waals surface area (Å²) in [6.45, 7) is 2.39. The average molecular weight is 307 g/mol. The van der Waals surface area contributed by atoms with E-state index in [0.717, 1.165) is 24.0 Å².